The van der Waals surface area contributed by atoms with Gasteiger partial charge in [-0.3, -0.25) is 4.79 Å². The van der Waals surface area contributed by atoms with E-state index < -0.39 is 27.6 Å². The van der Waals surface area contributed by atoms with Crippen molar-refractivity contribution in [2.24, 2.45) is 0 Å². The summed E-state index contributed by atoms with van der Waals surface area (Å²) in [4.78, 5) is 11.8. The second-order valence-electron chi connectivity index (χ2n) is 4.45. The first-order chi connectivity index (χ1) is 8.19. The number of rotatable bonds is 4. The molecule has 0 heterocycles. The molecule has 0 aromatic heterocycles. The van der Waals surface area contributed by atoms with E-state index in [0.29, 0.717) is 0 Å². The summed E-state index contributed by atoms with van der Waals surface area (Å²) in [6.07, 6.45) is 1.09. The van der Waals surface area contributed by atoms with Gasteiger partial charge < -0.3 is 5.32 Å². The van der Waals surface area contributed by atoms with Crippen molar-refractivity contribution in [3.63, 3.8) is 0 Å². The molecule has 1 atom stereocenters. The lowest BCUT2D eigenvalue weighted by atomic mass is 10.1. The average molecular weight is 273 g/mol. The van der Waals surface area contributed by atoms with E-state index in [1.807, 2.05) is 0 Å². The van der Waals surface area contributed by atoms with Gasteiger partial charge in [-0.2, -0.15) is 0 Å². The van der Waals surface area contributed by atoms with Crippen molar-refractivity contribution in [2.45, 2.75) is 19.9 Å². The van der Waals surface area contributed by atoms with E-state index >= 15 is 0 Å². The topological polar surface area (TPSA) is 63.2 Å². The highest BCUT2D eigenvalue weighted by molar-refractivity contribution is 7.90. The van der Waals surface area contributed by atoms with E-state index in [0.717, 1.165) is 11.8 Å². The molecule has 4 nitrogen and oxygen atoms in total. The van der Waals surface area contributed by atoms with E-state index in [-0.39, 0.29) is 11.3 Å². The van der Waals surface area contributed by atoms with Crippen molar-refractivity contribution in [1.82, 2.24) is 5.32 Å². The molecule has 0 radical (unpaired) electrons. The van der Waals surface area contributed by atoms with Crippen LogP contribution in [0.5, 0.6) is 0 Å². The Bertz CT molecular complexity index is 554. The van der Waals surface area contributed by atoms with Crippen molar-refractivity contribution in [3.05, 3.63) is 35.1 Å². The molecule has 0 aliphatic heterocycles. The summed E-state index contributed by atoms with van der Waals surface area (Å²) in [5, 5.41) is 2.46. The van der Waals surface area contributed by atoms with Crippen LogP contribution in [-0.2, 0) is 9.84 Å². The van der Waals surface area contributed by atoms with Crippen LogP contribution in [0.1, 0.15) is 22.8 Å². The summed E-state index contributed by atoms with van der Waals surface area (Å²) in [5.74, 6) is -1.40. The molecule has 1 amide bonds. The predicted molar refractivity (Wildman–Crippen MR) is 67.8 cm³/mol. The minimum absolute atomic E-state index is 0.0737. The van der Waals surface area contributed by atoms with Crippen molar-refractivity contribution in [1.29, 1.82) is 0 Å². The van der Waals surface area contributed by atoms with E-state index in [1.54, 1.807) is 19.9 Å². The first kappa shape index (κ1) is 14.6. The molecule has 1 unspecified atom stereocenters. The number of benzene rings is 1. The van der Waals surface area contributed by atoms with Crippen LogP contribution < -0.4 is 5.32 Å². The summed E-state index contributed by atoms with van der Waals surface area (Å²) in [6.45, 7) is 3.31. The maximum absolute atomic E-state index is 13.4. The van der Waals surface area contributed by atoms with Gasteiger partial charge in [-0.15, -0.1) is 0 Å². The fourth-order valence-electron chi connectivity index (χ4n) is 1.61. The third-order valence-corrected chi connectivity index (χ3v) is 3.40. The molecule has 0 saturated heterocycles. The Kier molecular flexibility index (Phi) is 4.45. The van der Waals surface area contributed by atoms with E-state index in [1.165, 1.54) is 12.1 Å². The fourth-order valence-corrected chi connectivity index (χ4v) is 2.60. The van der Waals surface area contributed by atoms with Gasteiger partial charge in [-0.1, -0.05) is 11.6 Å². The summed E-state index contributed by atoms with van der Waals surface area (Å²) < 4.78 is 35.5. The van der Waals surface area contributed by atoms with Gasteiger partial charge in [0.15, 0.2) is 0 Å². The van der Waals surface area contributed by atoms with Crippen molar-refractivity contribution in [2.75, 3.05) is 12.0 Å². The Morgan fingerprint density at radius 1 is 1.44 bits per heavy atom. The monoisotopic (exact) mass is 273 g/mol. The molecule has 0 fully saturated rings. The number of hydrogen-bond donors (Lipinski definition) is 1. The number of aryl methyl sites for hydroxylation is 1. The molecule has 1 aromatic carbocycles. The lowest BCUT2D eigenvalue weighted by Crippen LogP contribution is -2.37. The third-order valence-electron chi connectivity index (χ3n) is 2.30. The van der Waals surface area contributed by atoms with E-state index in [4.69, 9.17) is 0 Å². The highest BCUT2D eigenvalue weighted by Crippen LogP contribution is 2.10. The quantitative estimate of drug-likeness (QED) is 0.899. The summed E-state index contributed by atoms with van der Waals surface area (Å²) in [7, 11) is -3.18. The van der Waals surface area contributed by atoms with E-state index in [9.17, 15) is 17.6 Å². The molecule has 0 bridgehead atoms. The summed E-state index contributed by atoms with van der Waals surface area (Å²) in [6, 6.07) is 3.64. The van der Waals surface area contributed by atoms with Crippen LogP contribution in [0.2, 0.25) is 0 Å². The molecule has 0 saturated carbocycles. The molecular weight excluding hydrogens is 257 g/mol. The largest absolute Gasteiger partial charge is 0.348 e. The van der Waals surface area contributed by atoms with Gasteiger partial charge in [-0.25, -0.2) is 12.8 Å². The molecule has 18 heavy (non-hydrogen) atoms. The smallest absolute Gasteiger partial charge is 0.254 e. The number of sulfone groups is 1. The average Bonchev–Trinajstić information content (AvgIpc) is 2.18. The van der Waals surface area contributed by atoms with Gasteiger partial charge in [-0.05, 0) is 26.0 Å². The van der Waals surface area contributed by atoms with Crippen molar-refractivity contribution < 1.29 is 17.6 Å². The maximum atomic E-state index is 13.4. The molecular formula is C12H16FNO3S. The lowest BCUT2D eigenvalue weighted by molar-refractivity contribution is 0.0939. The number of nitrogens with one attached hydrogen (secondary N) is 1. The minimum atomic E-state index is -3.18. The van der Waals surface area contributed by atoms with Gasteiger partial charge in [0.2, 0.25) is 0 Å². The molecule has 0 aliphatic carbocycles. The number of halogens is 1. The lowest BCUT2D eigenvalue weighted by Gasteiger charge is -2.13. The highest BCUT2D eigenvalue weighted by atomic mass is 32.2. The molecule has 6 heteroatoms. The molecule has 1 N–H and O–H groups in total. The first-order valence-electron chi connectivity index (χ1n) is 5.44. The summed E-state index contributed by atoms with van der Waals surface area (Å²) >= 11 is 0. The maximum Gasteiger partial charge on any atom is 0.254 e. The molecule has 0 spiro atoms. The van der Waals surface area contributed by atoms with Gasteiger partial charge in [0.05, 0.1) is 11.3 Å². The zero-order chi connectivity index (χ0) is 13.9. The van der Waals surface area contributed by atoms with Crippen molar-refractivity contribution in [3.8, 4) is 0 Å². The standard InChI is InChI=1S/C12H16FNO3S/c1-8-4-5-11(13)10(6-8)12(15)14-9(2)7-18(3,16)17/h4-6,9H,7H2,1-3H3,(H,14,15). The van der Waals surface area contributed by atoms with Crippen LogP contribution in [0, 0.1) is 12.7 Å². The Labute approximate surface area is 106 Å². The number of carbonyl (C=O) groups is 1. The number of carbonyl (C=O) groups excluding carboxylic acids is 1. The van der Waals surface area contributed by atoms with Gasteiger partial charge in [0, 0.05) is 12.3 Å². The van der Waals surface area contributed by atoms with Crippen LogP contribution in [-0.4, -0.2) is 32.4 Å². The zero-order valence-corrected chi connectivity index (χ0v) is 11.3. The first-order valence-corrected chi connectivity index (χ1v) is 7.50. The number of amides is 1. The van der Waals surface area contributed by atoms with Crippen LogP contribution in [0.15, 0.2) is 18.2 Å². The van der Waals surface area contributed by atoms with Crippen LogP contribution in [0.4, 0.5) is 4.39 Å². The minimum Gasteiger partial charge on any atom is -0.348 e. The second-order valence-corrected chi connectivity index (χ2v) is 6.64. The second kappa shape index (κ2) is 5.48. The van der Waals surface area contributed by atoms with Crippen LogP contribution >= 0.6 is 0 Å². The molecule has 1 rings (SSSR count). The molecule has 0 aliphatic rings. The Balaban J connectivity index is 2.80. The third kappa shape index (κ3) is 4.44. The number of hydrogen-bond acceptors (Lipinski definition) is 3. The fraction of sp³-hybridized carbons (Fsp3) is 0.417. The predicted octanol–water partition coefficient (Wildman–Crippen LogP) is 1.30. The van der Waals surface area contributed by atoms with Gasteiger partial charge >= 0.3 is 0 Å². The normalized spacial score (nSPS) is 13.1. The molecule has 1 aromatic rings. The van der Waals surface area contributed by atoms with Crippen molar-refractivity contribution >= 4 is 15.7 Å². The zero-order valence-electron chi connectivity index (χ0n) is 10.5. The van der Waals surface area contributed by atoms with Crippen LogP contribution in [0.25, 0.3) is 0 Å². The molecule has 100 valence electrons. The Morgan fingerprint density at radius 3 is 2.61 bits per heavy atom. The SMILES string of the molecule is Cc1ccc(F)c(C(=O)NC(C)CS(C)(=O)=O)c1. The highest BCUT2D eigenvalue weighted by Gasteiger charge is 2.16. The van der Waals surface area contributed by atoms with Crippen LogP contribution in [0.3, 0.4) is 0 Å². The van der Waals surface area contributed by atoms with Gasteiger partial charge in [0.1, 0.15) is 15.7 Å². The van der Waals surface area contributed by atoms with E-state index in [2.05, 4.69) is 5.32 Å². The Morgan fingerprint density at radius 2 is 2.06 bits per heavy atom. The summed E-state index contributed by atoms with van der Waals surface area (Å²) in [5.41, 5.74) is 0.688. The Hall–Kier alpha value is -1.43. The van der Waals surface area contributed by atoms with Gasteiger partial charge in [0.25, 0.3) is 5.91 Å².